The molecule has 0 bridgehead atoms. The van der Waals surface area contributed by atoms with Crippen molar-refractivity contribution in [3.63, 3.8) is 0 Å². The van der Waals surface area contributed by atoms with Crippen molar-refractivity contribution in [3.8, 4) is 0 Å². The number of carboxylic acids is 1. The third-order valence-electron chi connectivity index (χ3n) is 3.60. The van der Waals surface area contributed by atoms with Crippen LogP contribution in [-0.4, -0.2) is 28.6 Å². The van der Waals surface area contributed by atoms with Crippen molar-refractivity contribution in [1.29, 1.82) is 0 Å². The highest BCUT2D eigenvalue weighted by Gasteiger charge is 2.14. The SMILES string of the molecule is CCCCN(Cc1cc(F)cc(C(=O)O)c1)C(C)CC. The highest BCUT2D eigenvalue weighted by atomic mass is 19.1. The van der Waals surface area contributed by atoms with Crippen molar-refractivity contribution in [3.05, 3.63) is 35.1 Å². The average molecular weight is 281 g/mol. The van der Waals surface area contributed by atoms with Gasteiger partial charge in [-0.25, -0.2) is 9.18 Å². The fourth-order valence-electron chi connectivity index (χ4n) is 2.17. The molecule has 0 amide bonds. The van der Waals surface area contributed by atoms with E-state index in [-0.39, 0.29) is 5.56 Å². The normalized spacial score (nSPS) is 12.7. The molecule has 1 unspecified atom stereocenters. The summed E-state index contributed by atoms with van der Waals surface area (Å²) in [6.07, 6.45) is 3.22. The lowest BCUT2D eigenvalue weighted by atomic mass is 10.1. The minimum atomic E-state index is -1.09. The van der Waals surface area contributed by atoms with E-state index >= 15 is 0 Å². The van der Waals surface area contributed by atoms with Crippen molar-refractivity contribution in [2.24, 2.45) is 0 Å². The van der Waals surface area contributed by atoms with E-state index in [1.54, 1.807) is 6.07 Å². The predicted molar refractivity (Wildman–Crippen MR) is 78.4 cm³/mol. The molecule has 0 fully saturated rings. The Kier molecular flexibility index (Phi) is 6.65. The van der Waals surface area contributed by atoms with E-state index in [0.717, 1.165) is 37.4 Å². The van der Waals surface area contributed by atoms with Crippen LogP contribution in [0, 0.1) is 5.82 Å². The van der Waals surface area contributed by atoms with Crippen LogP contribution in [-0.2, 0) is 6.54 Å². The molecule has 3 nitrogen and oxygen atoms in total. The van der Waals surface area contributed by atoms with Crippen molar-refractivity contribution < 1.29 is 14.3 Å². The molecule has 20 heavy (non-hydrogen) atoms. The van der Waals surface area contributed by atoms with E-state index in [0.29, 0.717) is 12.6 Å². The molecule has 1 aromatic rings. The number of nitrogens with zero attached hydrogens (tertiary/aromatic N) is 1. The van der Waals surface area contributed by atoms with Gasteiger partial charge in [0.05, 0.1) is 5.56 Å². The Morgan fingerprint density at radius 1 is 1.35 bits per heavy atom. The van der Waals surface area contributed by atoms with Gasteiger partial charge in [0, 0.05) is 12.6 Å². The molecule has 0 saturated carbocycles. The highest BCUT2D eigenvalue weighted by Crippen LogP contribution is 2.15. The average Bonchev–Trinajstić information content (AvgIpc) is 2.41. The van der Waals surface area contributed by atoms with E-state index in [9.17, 15) is 9.18 Å². The molecule has 0 aliphatic rings. The van der Waals surface area contributed by atoms with E-state index < -0.39 is 11.8 Å². The molecule has 0 aliphatic carbocycles. The summed E-state index contributed by atoms with van der Waals surface area (Å²) in [6.45, 7) is 7.95. The molecule has 0 heterocycles. The second-order valence-electron chi connectivity index (χ2n) is 5.23. The predicted octanol–water partition coefficient (Wildman–Crippen LogP) is 3.92. The molecule has 0 aromatic heterocycles. The van der Waals surface area contributed by atoms with Crippen LogP contribution in [0.1, 0.15) is 56.0 Å². The zero-order valence-corrected chi connectivity index (χ0v) is 12.5. The van der Waals surface area contributed by atoms with Gasteiger partial charge in [-0.2, -0.15) is 0 Å². The van der Waals surface area contributed by atoms with Crippen LogP contribution in [0.15, 0.2) is 18.2 Å². The van der Waals surface area contributed by atoms with Gasteiger partial charge in [-0.05, 0) is 50.1 Å². The Balaban J connectivity index is 2.89. The molecule has 1 atom stereocenters. The van der Waals surface area contributed by atoms with Crippen LogP contribution in [0.25, 0.3) is 0 Å². The molecule has 1 rings (SSSR count). The first-order valence-electron chi connectivity index (χ1n) is 7.24. The fourth-order valence-corrected chi connectivity index (χ4v) is 2.17. The first-order chi connectivity index (χ1) is 9.47. The number of hydrogen-bond donors (Lipinski definition) is 1. The number of unbranched alkanes of at least 4 members (excludes halogenated alkanes) is 1. The van der Waals surface area contributed by atoms with Crippen LogP contribution >= 0.6 is 0 Å². The minimum Gasteiger partial charge on any atom is -0.478 e. The number of rotatable bonds is 8. The summed E-state index contributed by atoms with van der Waals surface area (Å²) < 4.78 is 13.5. The van der Waals surface area contributed by atoms with Crippen LogP contribution < -0.4 is 0 Å². The molecular weight excluding hydrogens is 257 g/mol. The van der Waals surface area contributed by atoms with Crippen molar-refractivity contribution in [2.45, 2.75) is 52.6 Å². The van der Waals surface area contributed by atoms with E-state index in [4.69, 9.17) is 5.11 Å². The maximum absolute atomic E-state index is 13.5. The van der Waals surface area contributed by atoms with Crippen molar-refractivity contribution >= 4 is 5.97 Å². The summed E-state index contributed by atoms with van der Waals surface area (Å²) in [6, 6.07) is 4.45. The molecule has 0 saturated heterocycles. The first-order valence-corrected chi connectivity index (χ1v) is 7.24. The van der Waals surface area contributed by atoms with Crippen molar-refractivity contribution in [1.82, 2.24) is 4.90 Å². The summed E-state index contributed by atoms with van der Waals surface area (Å²) in [4.78, 5) is 13.3. The van der Waals surface area contributed by atoms with Gasteiger partial charge in [0.2, 0.25) is 0 Å². The molecule has 0 aliphatic heterocycles. The van der Waals surface area contributed by atoms with Crippen LogP contribution in [0.4, 0.5) is 4.39 Å². The topological polar surface area (TPSA) is 40.5 Å². The minimum absolute atomic E-state index is 0.0135. The van der Waals surface area contributed by atoms with Gasteiger partial charge in [0.25, 0.3) is 0 Å². The second-order valence-corrected chi connectivity index (χ2v) is 5.23. The quantitative estimate of drug-likeness (QED) is 0.785. The van der Waals surface area contributed by atoms with E-state index in [2.05, 4.69) is 25.7 Å². The molecule has 0 spiro atoms. The highest BCUT2D eigenvalue weighted by molar-refractivity contribution is 5.87. The second kappa shape index (κ2) is 8.00. The molecule has 0 radical (unpaired) electrons. The molecule has 1 aromatic carbocycles. The molecule has 4 heteroatoms. The lowest BCUT2D eigenvalue weighted by molar-refractivity contribution is 0.0696. The Morgan fingerprint density at radius 3 is 2.60 bits per heavy atom. The van der Waals surface area contributed by atoms with Gasteiger partial charge in [0.15, 0.2) is 0 Å². The van der Waals surface area contributed by atoms with Gasteiger partial charge in [-0.1, -0.05) is 20.3 Å². The first kappa shape index (κ1) is 16.6. The maximum Gasteiger partial charge on any atom is 0.335 e. The van der Waals surface area contributed by atoms with Gasteiger partial charge >= 0.3 is 5.97 Å². The van der Waals surface area contributed by atoms with Gasteiger partial charge in [-0.3, -0.25) is 4.90 Å². The third kappa shape index (κ3) is 4.93. The standard InChI is InChI=1S/C16H24FNO2/c1-4-6-7-18(12(3)5-2)11-13-8-14(16(19)20)10-15(17)9-13/h8-10,12H,4-7,11H2,1-3H3,(H,19,20). The van der Waals surface area contributed by atoms with Crippen LogP contribution in [0.2, 0.25) is 0 Å². The number of carboxylic acid groups (broad SMARTS) is 1. The smallest absolute Gasteiger partial charge is 0.335 e. The summed E-state index contributed by atoms with van der Waals surface area (Å²) in [5.74, 6) is -1.58. The number of benzene rings is 1. The lowest BCUT2D eigenvalue weighted by Gasteiger charge is -2.28. The Bertz CT molecular complexity index is 448. The lowest BCUT2D eigenvalue weighted by Crippen LogP contribution is -2.33. The number of hydrogen-bond acceptors (Lipinski definition) is 2. The summed E-state index contributed by atoms with van der Waals surface area (Å²) in [5, 5.41) is 8.98. The van der Waals surface area contributed by atoms with Gasteiger partial charge in [-0.15, -0.1) is 0 Å². The molecule has 112 valence electrons. The van der Waals surface area contributed by atoms with Gasteiger partial charge < -0.3 is 5.11 Å². The number of aromatic carboxylic acids is 1. The van der Waals surface area contributed by atoms with Crippen LogP contribution in [0.3, 0.4) is 0 Å². The maximum atomic E-state index is 13.5. The molecule has 1 N–H and O–H groups in total. The Hall–Kier alpha value is -1.42. The van der Waals surface area contributed by atoms with Crippen LogP contribution in [0.5, 0.6) is 0 Å². The zero-order chi connectivity index (χ0) is 15.1. The number of halogens is 1. The largest absolute Gasteiger partial charge is 0.478 e. The Morgan fingerprint density at radius 2 is 2.05 bits per heavy atom. The molecular formula is C16H24FNO2. The summed E-state index contributed by atoms with van der Waals surface area (Å²) in [5.41, 5.74) is 0.735. The zero-order valence-electron chi connectivity index (χ0n) is 12.5. The number of carbonyl (C=O) groups is 1. The third-order valence-corrected chi connectivity index (χ3v) is 3.60. The monoisotopic (exact) mass is 281 g/mol. The van der Waals surface area contributed by atoms with Gasteiger partial charge in [0.1, 0.15) is 5.82 Å². The fraction of sp³-hybridized carbons (Fsp3) is 0.562. The van der Waals surface area contributed by atoms with E-state index in [1.807, 2.05) is 0 Å². The summed E-state index contributed by atoms with van der Waals surface area (Å²) >= 11 is 0. The Labute approximate surface area is 120 Å². The summed E-state index contributed by atoms with van der Waals surface area (Å²) in [7, 11) is 0. The van der Waals surface area contributed by atoms with Crippen molar-refractivity contribution in [2.75, 3.05) is 6.54 Å². The van der Waals surface area contributed by atoms with E-state index in [1.165, 1.54) is 6.07 Å².